The number of ether oxygens (including phenoxy) is 1. The molecule has 0 aliphatic rings. The fraction of sp³-hybridized carbons (Fsp3) is 0.462. The Labute approximate surface area is 91.3 Å². The zero-order chi connectivity index (χ0) is 11.3. The first-order valence-electron chi connectivity index (χ1n) is 5.36. The van der Waals surface area contributed by atoms with Crippen LogP contribution in [-0.2, 0) is 17.6 Å². The second-order valence-electron chi connectivity index (χ2n) is 3.60. The molecule has 0 saturated heterocycles. The van der Waals surface area contributed by atoms with Crippen LogP contribution in [0.25, 0.3) is 0 Å². The lowest BCUT2D eigenvalue weighted by Crippen LogP contribution is -2.08. The number of carbonyl (C=O) groups excluding carboxylic acids is 1. The monoisotopic (exact) mass is 206 g/mol. The van der Waals surface area contributed by atoms with Gasteiger partial charge < -0.3 is 4.74 Å². The van der Waals surface area contributed by atoms with Crippen LogP contribution in [0.5, 0.6) is 0 Å². The summed E-state index contributed by atoms with van der Waals surface area (Å²) in [7, 11) is 1.54. The summed E-state index contributed by atoms with van der Waals surface area (Å²) < 4.78 is 4.86. The Hall–Kier alpha value is -1.15. The lowest BCUT2D eigenvalue weighted by Gasteiger charge is -2.06. The zero-order valence-electron chi connectivity index (χ0n) is 9.67. The molecule has 0 atom stereocenters. The molecule has 0 radical (unpaired) electrons. The van der Waals surface area contributed by atoms with Crippen LogP contribution in [0.4, 0.5) is 0 Å². The summed E-state index contributed by atoms with van der Waals surface area (Å²) in [6.45, 7) is 4.36. The molecule has 2 heteroatoms. The van der Waals surface area contributed by atoms with Crippen LogP contribution < -0.4 is 0 Å². The van der Waals surface area contributed by atoms with Crippen molar-refractivity contribution in [1.82, 2.24) is 0 Å². The summed E-state index contributed by atoms with van der Waals surface area (Å²) in [6, 6.07) is 6.07. The number of Topliss-reactive ketones (excluding diaryl/α,β-unsaturated/α-hetero) is 1. The number of carbonyl (C=O) groups is 1. The van der Waals surface area contributed by atoms with E-state index in [-0.39, 0.29) is 12.4 Å². The molecule has 0 spiro atoms. The van der Waals surface area contributed by atoms with Crippen molar-refractivity contribution in [1.29, 1.82) is 0 Å². The first kappa shape index (κ1) is 11.9. The van der Waals surface area contributed by atoms with Crippen LogP contribution >= 0.6 is 0 Å². The van der Waals surface area contributed by atoms with Crippen molar-refractivity contribution >= 4 is 5.78 Å². The predicted octanol–water partition coefficient (Wildman–Crippen LogP) is 2.64. The average Bonchev–Trinajstić information content (AvgIpc) is 2.28. The number of ketones is 1. The van der Waals surface area contributed by atoms with Gasteiger partial charge in [-0.1, -0.05) is 19.9 Å². The smallest absolute Gasteiger partial charge is 0.188 e. The molecule has 0 aliphatic heterocycles. The largest absolute Gasteiger partial charge is 0.377 e. The molecule has 0 amide bonds. The van der Waals surface area contributed by atoms with E-state index in [1.807, 2.05) is 12.1 Å². The van der Waals surface area contributed by atoms with E-state index in [9.17, 15) is 4.79 Å². The number of hydrogen-bond donors (Lipinski definition) is 0. The highest BCUT2D eigenvalue weighted by Crippen LogP contribution is 2.12. The Bertz CT molecular complexity index is 320. The third-order valence-corrected chi connectivity index (χ3v) is 2.47. The van der Waals surface area contributed by atoms with E-state index in [0.29, 0.717) is 0 Å². The molecular formula is C13H18O2. The molecule has 2 nitrogen and oxygen atoms in total. The van der Waals surface area contributed by atoms with Gasteiger partial charge in [0.25, 0.3) is 0 Å². The molecule has 15 heavy (non-hydrogen) atoms. The molecule has 0 aromatic heterocycles. The van der Waals surface area contributed by atoms with Gasteiger partial charge in [-0.25, -0.2) is 0 Å². The van der Waals surface area contributed by atoms with Crippen molar-refractivity contribution in [2.45, 2.75) is 26.7 Å². The molecule has 0 saturated carbocycles. The molecule has 0 unspecified atom stereocenters. The fourth-order valence-corrected chi connectivity index (χ4v) is 1.55. The Morgan fingerprint density at radius 1 is 1.13 bits per heavy atom. The molecule has 1 aromatic rings. The minimum atomic E-state index is 0.0579. The summed E-state index contributed by atoms with van der Waals surface area (Å²) in [4.78, 5) is 11.7. The van der Waals surface area contributed by atoms with Gasteiger partial charge in [-0.15, -0.1) is 0 Å². The van der Waals surface area contributed by atoms with Gasteiger partial charge in [0.2, 0.25) is 0 Å². The number of benzene rings is 1. The Kier molecular flexibility index (Phi) is 4.50. The van der Waals surface area contributed by atoms with E-state index >= 15 is 0 Å². The van der Waals surface area contributed by atoms with Gasteiger partial charge in [-0.05, 0) is 36.1 Å². The summed E-state index contributed by atoms with van der Waals surface area (Å²) >= 11 is 0. The van der Waals surface area contributed by atoms with E-state index in [0.717, 1.165) is 18.4 Å². The third kappa shape index (κ3) is 3.17. The summed E-state index contributed by atoms with van der Waals surface area (Å²) in [5.74, 6) is 0.0579. The lowest BCUT2D eigenvalue weighted by molar-refractivity contribution is 0.0848. The van der Waals surface area contributed by atoms with Crippen molar-refractivity contribution in [2.75, 3.05) is 13.7 Å². The molecule has 0 aliphatic carbocycles. The molecular weight excluding hydrogens is 188 g/mol. The predicted molar refractivity (Wildman–Crippen MR) is 61.4 cm³/mol. The highest BCUT2D eigenvalue weighted by molar-refractivity contribution is 5.97. The van der Waals surface area contributed by atoms with Gasteiger partial charge >= 0.3 is 0 Å². The maximum atomic E-state index is 11.7. The van der Waals surface area contributed by atoms with E-state index < -0.39 is 0 Å². The molecule has 0 fully saturated rings. The van der Waals surface area contributed by atoms with Gasteiger partial charge in [0.05, 0.1) is 0 Å². The first-order chi connectivity index (χ1) is 7.21. The van der Waals surface area contributed by atoms with Crippen LogP contribution in [-0.4, -0.2) is 19.5 Å². The van der Waals surface area contributed by atoms with Crippen LogP contribution in [0.2, 0.25) is 0 Å². The highest BCUT2D eigenvalue weighted by atomic mass is 16.5. The SMILES string of the molecule is CCc1cc(CC)cc(C(=O)COC)c1. The van der Waals surface area contributed by atoms with Gasteiger partial charge in [0, 0.05) is 12.7 Å². The fourth-order valence-electron chi connectivity index (χ4n) is 1.55. The second-order valence-corrected chi connectivity index (χ2v) is 3.60. The van der Waals surface area contributed by atoms with Crippen LogP contribution in [0.1, 0.15) is 35.3 Å². The van der Waals surface area contributed by atoms with Crippen molar-refractivity contribution in [3.05, 3.63) is 34.9 Å². The second kappa shape index (κ2) is 5.66. The maximum absolute atomic E-state index is 11.7. The van der Waals surface area contributed by atoms with E-state index in [1.165, 1.54) is 11.1 Å². The van der Waals surface area contributed by atoms with Crippen molar-refractivity contribution < 1.29 is 9.53 Å². The Morgan fingerprint density at radius 2 is 1.67 bits per heavy atom. The maximum Gasteiger partial charge on any atom is 0.188 e. The number of methoxy groups -OCH3 is 1. The zero-order valence-corrected chi connectivity index (χ0v) is 9.67. The lowest BCUT2D eigenvalue weighted by atomic mass is 10.0. The van der Waals surface area contributed by atoms with Gasteiger partial charge in [0.1, 0.15) is 6.61 Å². The van der Waals surface area contributed by atoms with E-state index in [2.05, 4.69) is 19.9 Å². The minimum Gasteiger partial charge on any atom is -0.377 e. The molecule has 0 heterocycles. The summed E-state index contributed by atoms with van der Waals surface area (Å²) in [6.07, 6.45) is 1.92. The molecule has 82 valence electrons. The minimum absolute atomic E-state index is 0.0579. The molecule has 0 N–H and O–H groups in total. The normalized spacial score (nSPS) is 10.3. The van der Waals surface area contributed by atoms with Gasteiger partial charge in [-0.2, -0.15) is 0 Å². The van der Waals surface area contributed by atoms with E-state index in [1.54, 1.807) is 7.11 Å². The number of aryl methyl sites for hydroxylation is 2. The van der Waals surface area contributed by atoms with Crippen LogP contribution in [0, 0.1) is 0 Å². The van der Waals surface area contributed by atoms with Crippen molar-refractivity contribution in [3.63, 3.8) is 0 Å². The van der Waals surface area contributed by atoms with E-state index in [4.69, 9.17) is 4.74 Å². The summed E-state index contributed by atoms with van der Waals surface area (Å²) in [5.41, 5.74) is 3.20. The number of hydrogen-bond acceptors (Lipinski definition) is 2. The van der Waals surface area contributed by atoms with Crippen LogP contribution in [0.3, 0.4) is 0 Å². The van der Waals surface area contributed by atoms with Gasteiger partial charge in [0.15, 0.2) is 5.78 Å². The first-order valence-corrected chi connectivity index (χ1v) is 5.36. The van der Waals surface area contributed by atoms with Crippen molar-refractivity contribution in [3.8, 4) is 0 Å². The van der Waals surface area contributed by atoms with Crippen molar-refractivity contribution in [2.24, 2.45) is 0 Å². The molecule has 1 rings (SSSR count). The number of rotatable bonds is 5. The third-order valence-electron chi connectivity index (χ3n) is 2.47. The Balaban J connectivity index is 3.01. The standard InChI is InChI=1S/C13H18O2/c1-4-10-6-11(5-2)8-12(7-10)13(14)9-15-3/h6-8H,4-5,9H2,1-3H3. The summed E-state index contributed by atoms with van der Waals surface area (Å²) in [5, 5.41) is 0. The highest BCUT2D eigenvalue weighted by Gasteiger charge is 2.07. The Morgan fingerprint density at radius 3 is 2.07 bits per heavy atom. The molecule has 1 aromatic carbocycles. The average molecular weight is 206 g/mol. The molecule has 0 bridgehead atoms. The topological polar surface area (TPSA) is 26.3 Å². The van der Waals surface area contributed by atoms with Gasteiger partial charge in [-0.3, -0.25) is 4.79 Å². The quantitative estimate of drug-likeness (QED) is 0.692. The van der Waals surface area contributed by atoms with Crippen LogP contribution in [0.15, 0.2) is 18.2 Å².